The van der Waals surface area contributed by atoms with E-state index < -0.39 is 0 Å². The second kappa shape index (κ2) is 6.25. The Bertz CT molecular complexity index is 559. The lowest BCUT2D eigenvalue weighted by molar-refractivity contribution is 0.363. The second-order valence-corrected chi connectivity index (χ2v) is 5.16. The first-order valence-electron chi connectivity index (χ1n) is 6.11. The molecule has 0 saturated carbocycles. The molecule has 0 bridgehead atoms. The lowest BCUT2D eigenvalue weighted by Gasteiger charge is -2.07. The molecule has 102 valence electrons. The van der Waals surface area contributed by atoms with E-state index in [0.29, 0.717) is 22.6 Å². The Morgan fingerprint density at radius 1 is 1.47 bits per heavy atom. The van der Waals surface area contributed by atoms with Crippen LogP contribution >= 0.6 is 15.9 Å². The number of likely N-dealkylation sites (N-methyl/N-ethyl adjacent to an activating group) is 1. The van der Waals surface area contributed by atoms with Crippen molar-refractivity contribution in [2.75, 3.05) is 6.54 Å². The standard InChI is InChI=1S/C13H15BrFN3O/c1-3-16-8(2)6-12-17-13(18-19-12)9-4-5-11(15)10(14)7-9/h4-5,7-8,16H,3,6H2,1-2H3. The number of halogens is 2. The van der Waals surface area contributed by atoms with Gasteiger partial charge in [0.2, 0.25) is 11.7 Å². The van der Waals surface area contributed by atoms with Crippen LogP contribution in [-0.4, -0.2) is 22.7 Å². The van der Waals surface area contributed by atoms with Crippen LogP contribution in [0.25, 0.3) is 11.4 Å². The van der Waals surface area contributed by atoms with Gasteiger partial charge in [0.25, 0.3) is 0 Å². The number of hydrogen-bond acceptors (Lipinski definition) is 4. The molecule has 19 heavy (non-hydrogen) atoms. The quantitative estimate of drug-likeness (QED) is 0.916. The Hall–Kier alpha value is -1.27. The summed E-state index contributed by atoms with van der Waals surface area (Å²) in [5.74, 6) is 0.733. The molecule has 4 nitrogen and oxygen atoms in total. The van der Waals surface area contributed by atoms with Crippen LogP contribution in [0, 0.1) is 5.82 Å². The fraction of sp³-hybridized carbons (Fsp3) is 0.385. The molecule has 6 heteroatoms. The maximum absolute atomic E-state index is 13.2. The lowest BCUT2D eigenvalue weighted by atomic mass is 10.2. The van der Waals surface area contributed by atoms with E-state index in [-0.39, 0.29) is 11.9 Å². The van der Waals surface area contributed by atoms with E-state index in [0.717, 1.165) is 12.1 Å². The zero-order chi connectivity index (χ0) is 13.8. The minimum absolute atomic E-state index is 0.276. The molecule has 0 radical (unpaired) electrons. The van der Waals surface area contributed by atoms with Crippen LogP contribution in [-0.2, 0) is 6.42 Å². The Labute approximate surface area is 119 Å². The Kier molecular flexibility index (Phi) is 4.66. The van der Waals surface area contributed by atoms with Crippen LogP contribution in [0.5, 0.6) is 0 Å². The van der Waals surface area contributed by atoms with E-state index >= 15 is 0 Å². The Morgan fingerprint density at radius 2 is 2.26 bits per heavy atom. The maximum atomic E-state index is 13.2. The maximum Gasteiger partial charge on any atom is 0.228 e. The van der Waals surface area contributed by atoms with Crippen LogP contribution in [0.2, 0.25) is 0 Å². The van der Waals surface area contributed by atoms with E-state index in [2.05, 4.69) is 38.3 Å². The summed E-state index contributed by atoms with van der Waals surface area (Å²) >= 11 is 3.14. The molecule has 2 aromatic rings. The number of nitrogens with one attached hydrogen (secondary N) is 1. The average Bonchev–Trinajstić information content (AvgIpc) is 2.81. The van der Waals surface area contributed by atoms with Gasteiger partial charge in [0, 0.05) is 18.0 Å². The van der Waals surface area contributed by atoms with Crippen LogP contribution in [0.1, 0.15) is 19.7 Å². The summed E-state index contributed by atoms with van der Waals surface area (Å²) in [6.45, 7) is 5.00. The van der Waals surface area contributed by atoms with E-state index in [1.807, 2.05) is 6.92 Å². The number of aromatic nitrogens is 2. The van der Waals surface area contributed by atoms with Crippen LogP contribution in [0.3, 0.4) is 0 Å². The first-order chi connectivity index (χ1) is 9.10. The van der Waals surface area contributed by atoms with Crippen molar-refractivity contribution in [3.63, 3.8) is 0 Å². The number of nitrogens with zero attached hydrogens (tertiary/aromatic N) is 2. The smallest absolute Gasteiger partial charge is 0.228 e. The molecular formula is C13H15BrFN3O. The first-order valence-corrected chi connectivity index (χ1v) is 6.91. The van der Waals surface area contributed by atoms with E-state index in [9.17, 15) is 4.39 Å². The van der Waals surface area contributed by atoms with Crippen molar-refractivity contribution >= 4 is 15.9 Å². The molecule has 1 unspecified atom stereocenters. The van der Waals surface area contributed by atoms with Crippen molar-refractivity contribution in [1.82, 2.24) is 15.5 Å². The van der Waals surface area contributed by atoms with Crippen molar-refractivity contribution in [2.24, 2.45) is 0 Å². The molecule has 0 amide bonds. The van der Waals surface area contributed by atoms with E-state index in [1.54, 1.807) is 12.1 Å². The molecule has 1 atom stereocenters. The molecule has 1 aromatic carbocycles. The summed E-state index contributed by atoms with van der Waals surface area (Å²) in [5, 5.41) is 7.19. The van der Waals surface area contributed by atoms with Gasteiger partial charge in [-0.1, -0.05) is 12.1 Å². The normalized spacial score (nSPS) is 12.6. The lowest BCUT2D eigenvalue weighted by Crippen LogP contribution is -2.27. The highest BCUT2D eigenvalue weighted by atomic mass is 79.9. The van der Waals surface area contributed by atoms with Crippen LogP contribution in [0.4, 0.5) is 4.39 Å². The van der Waals surface area contributed by atoms with E-state index in [4.69, 9.17) is 4.52 Å². The number of hydrogen-bond donors (Lipinski definition) is 1. The highest BCUT2D eigenvalue weighted by molar-refractivity contribution is 9.10. The summed E-state index contributed by atoms with van der Waals surface area (Å²) in [6.07, 6.45) is 0.670. The minimum Gasteiger partial charge on any atom is -0.339 e. The summed E-state index contributed by atoms with van der Waals surface area (Å²) in [5.41, 5.74) is 0.722. The third-order valence-electron chi connectivity index (χ3n) is 2.68. The fourth-order valence-electron chi connectivity index (χ4n) is 1.77. The topological polar surface area (TPSA) is 51.0 Å². The molecule has 0 aliphatic heterocycles. The van der Waals surface area contributed by atoms with Gasteiger partial charge in [0.1, 0.15) is 5.82 Å². The van der Waals surface area contributed by atoms with Gasteiger partial charge in [-0.15, -0.1) is 0 Å². The molecule has 0 saturated heterocycles. The van der Waals surface area contributed by atoms with Crippen molar-refractivity contribution in [3.8, 4) is 11.4 Å². The molecule has 0 spiro atoms. The largest absolute Gasteiger partial charge is 0.339 e. The van der Waals surface area contributed by atoms with Crippen LogP contribution in [0.15, 0.2) is 27.2 Å². The first kappa shape index (κ1) is 14.1. The van der Waals surface area contributed by atoms with Gasteiger partial charge in [-0.05, 0) is 47.6 Å². The highest BCUT2D eigenvalue weighted by Crippen LogP contribution is 2.23. The zero-order valence-electron chi connectivity index (χ0n) is 10.8. The summed E-state index contributed by atoms with van der Waals surface area (Å²) in [7, 11) is 0. The Balaban J connectivity index is 2.14. The van der Waals surface area contributed by atoms with Crippen molar-refractivity contribution in [1.29, 1.82) is 0 Å². The summed E-state index contributed by atoms with van der Waals surface area (Å²) in [6, 6.07) is 4.91. The monoisotopic (exact) mass is 327 g/mol. The summed E-state index contributed by atoms with van der Waals surface area (Å²) < 4.78 is 18.7. The van der Waals surface area contributed by atoms with Gasteiger partial charge in [-0.25, -0.2) is 4.39 Å². The van der Waals surface area contributed by atoms with Gasteiger partial charge < -0.3 is 9.84 Å². The molecule has 1 N–H and O–H groups in total. The SMILES string of the molecule is CCNC(C)Cc1nc(-c2ccc(F)c(Br)c2)no1. The van der Waals surface area contributed by atoms with E-state index in [1.165, 1.54) is 6.07 Å². The number of benzene rings is 1. The van der Waals surface area contributed by atoms with Crippen molar-refractivity contribution < 1.29 is 8.91 Å². The third kappa shape index (κ3) is 3.61. The van der Waals surface area contributed by atoms with Crippen LogP contribution < -0.4 is 5.32 Å². The van der Waals surface area contributed by atoms with Gasteiger partial charge in [-0.2, -0.15) is 4.98 Å². The van der Waals surface area contributed by atoms with Gasteiger partial charge in [-0.3, -0.25) is 0 Å². The summed E-state index contributed by atoms with van der Waals surface area (Å²) in [4.78, 5) is 4.31. The van der Waals surface area contributed by atoms with Gasteiger partial charge in [0.05, 0.1) is 4.47 Å². The fourth-order valence-corrected chi connectivity index (χ4v) is 2.15. The number of rotatable bonds is 5. The molecule has 0 aliphatic carbocycles. The van der Waals surface area contributed by atoms with Gasteiger partial charge >= 0.3 is 0 Å². The van der Waals surface area contributed by atoms with Crippen molar-refractivity contribution in [2.45, 2.75) is 26.3 Å². The second-order valence-electron chi connectivity index (χ2n) is 4.30. The minimum atomic E-state index is -0.312. The predicted molar refractivity (Wildman–Crippen MR) is 74.2 cm³/mol. The Morgan fingerprint density at radius 3 is 2.95 bits per heavy atom. The predicted octanol–water partition coefficient (Wildman–Crippen LogP) is 3.18. The molecule has 1 aromatic heterocycles. The molecular weight excluding hydrogens is 313 g/mol. The molecule has 0 aliphatic rings. The van der Waals surface area contributed by atoms with Gasteiger partial charge in [0.15, 0.2) is 0 Å². The zero-order valence-corrected chi connectivity index (χ0v) is 12.4. The molecule has 0 fully saturated rings. The molecule has 1 heterocycles. The van der Waals surface area contributed by atoms with Crippen molar-refractivity contribution in [3.05, 3.63) is 34.4 Å². The third-order valence-corrected chi connectivity index (χ3v) is 3.29. The average molecular weight is 328 g/mol. The highest BCUT2D eigenvalue weighted by Gasteiger charge is 2.12. The molecule has 2 rings (SSSR count).